The molecule has 1 aromatic heterocycles. The van der Waals surface area contributed by atoms with E-state index in [1.54, 1.807) is 12.1 Å². The van der Waals surface area contributed by atoms with Gasteiger partial charge in [-0.25, -0.2) is 0 Å². The Morgan fingerprint density at radius 2 is 2.00 bits per heavy atom. The number of nitrogens with zero attached hydrogens (tertiary/aromatic N) is 1. The van der Waals surface area contributed by atoms with Gasteiger partial charge in [-0.2, -0.15) is 0 Å². The first-order valence-corrected chi connectivity index (χ1v) is 7.43. The fraction of sp³-hybridized carbons (Fsp3) is 0.176. The third-order valence-electron chi connectivity index (χ3n) is 3.02. The number of carbonyl (C=O) groups excluding carboxylic acids is 1. The summed E-state index contributed by atoms with van der Waals surface area (Å²) >= 11 is 5.30. The molecule has 0 aliphatic rings. The van der Waals surface area contributed by atoms with Gasteiger partial charge in [0.1, 0.15) is 11.5 Å². The van der Waals surface area contributed by atoms with Crippen molar-refractivity contribution in [3.63, 3.8) is 0 Å². The van der Waals surface area contributed by atoms with Crippen molar-refractivity contribution in [2.75, 3.05) is 11.4 Å². The van der Waals surface area contributed by atoms with Crippen LogP contribution in [0.4, 0.5) is 5.69 Å². The van der Waals surface area contributed by atoms with E-state index >= 15 is 0 Å². The van der Waals surface area contributed by atoms with E-state index in [9.17, 15) is 4.79 Å². The van der Waals surface area contributed by atoms with Crippen LogP contribution in [0, 0.1) is 6.92 Å². The van der Waals surface area contributed by atoms with Gasteiger partial charge in [-0.05, 0) is 56.4 Å². The summed E-state index contributed by atoms with van der Waals surface area (Å²) in [5.74, 6) is 1.15. The number of rotatable bonds is 4. The molecule has 0 spiro atoms. The molecule has 114 valence electrons. The van der Waals surface area contributed by atoms with Crippen LogP contribution in [0.15, 0.2) is 53.0 Å². The second-order valence-electron chi connectivity index (χ2n) is 4.66. The highest BCUT2D eigenvalue weighted by atomic mass is 32.1. The quantitative estimate of drug-likeness (QED) is 0.693. The van der Waals surface area contributed by atoms with E-state index in [0.29, 0.717) is 17.4 Å². The fourth-order valence-corrected chi connectivity index (χ4v) is 2.30. The highest BCUT2D eigenvalue weighted by molar-refractivity contribution is 7.80. The van der Waals surface area contributed by atoms with Crippen molar-refractivity contribution < 1.29 is 9.21 Å². The topological polar surface area (TPSA) is 45.5 Å². The van der Waals surface area contributed by atoms with Gasteiger partial charge in [0.15, 0.2) is 5.11 Å². The molecule has 0 saturated carbocycles. The predicted octanol–water partition coefficient (Wildman–Crippen LogP) is 3.53. The summed E-state index contributed by atoms with van der Waals surface area (Å²) in [5, 5.41) is 3.07. The van der Waals surface area contributed by atoms with Crippen molar-refractivity contribution in [1.29, 1.82) is 0 Å². The molecule has 4 nitrogen and oxygen atoms in total. The lowest BCUT2D eigenvalue weighted by molar-refractivity contribution is -0.115. The van der Waals surface area contributed by atoms with Crippen molar-refractivity contribution in [1.82, 2.24) is 5.32 Å². The molecule has 0 aliphatic heterocycles. The zero-order chi connectivity index (χ0) is 15.9. The van der Waals surface area contributed by atoms with Crippen LogP contribution in [0.2, 0.25) is 0 Å². The number of aryl methyl sites for hydroxylation is 1. The lowest BCUT2D eigenvalue weighted by Gasteiger charge is -2.23. The summed E-state index contributed by atoms with van der Waals surface area (Å²) in [6.45, 7) is 4.50. The van der Waals surface area contributed by atoms with Crippen molar-refractivity contribution in [2.45, 2.75) is 13.8 Å². The average Bonchev–Trinajstić information content (AvgIpc) is 2.93. The van der Waals surface area contributed by atoms with Crippen molar-refractivity contribution in [2.24, 2.45) is 0 Å². The fourth-order valence-electron chi connectivity index (χ4n) is 1.97. The van der Waals surface area contributed by atoms with Crippen LogP contribution in [0.5, 0.6) is 0 Å². The Kier molecular flexibility index (Phi) is 5.49. The first-order valence-electron chi connectivity index (χ1n) is 7.02. The summed E-state index contributed by atoms with van der Waals surface area (Å²) in [4.78, 5) is 13.8. The van der Waals surface area contributed by atoms with Gasteiger partial charge < -0.3 is 9.32 Å². The number of hydrogen-bond donors (Lipinski definition) is 1. The summed E-state index contributed by atoms with van der Waals surface area (Å²) < 4.78 is 5.37. The SMILES string of the molecule is CCN(C(=S)NC(=O)/C=C/c1ccc(C)o1)c1ccccc1. The highest BCUT2D eigenvalue weighted by Crippen LogP contribution is 2.13. The lowest BCUT2D eigenvalue weighted by Crippen LogP contribution is -2.42. The summed E-state index contributed by atoms with van der Waals surface area (Å²) in [6.07, 6.45) is 3.02. The van der Waals surface area contributed by atoms with Gasteiger partial charge in [-0.1, -0.05) is 18.2 Å². The Balaban J connectivity index is 1.98. The molecule has 0 fully saturated rings. The van der Waals surface area contributed by atoms with Gasteiger partial charge in [0.2, 0.25) is 5.91 Å². The van der Waals surface area contributed by atoms with Crippen LogP contribution >= 0.6 is 12.2 Å². The van der Waals surface area contributed by atoms with E-state index < -0.39 is 0 Å². The molecule has 0 bridgehead atoms. The molecule has 2 aromatic rings. The molecule has 5 heteroatoms. The molecule has 22 heavy (non-hydrogen) atoms. The Morgan fingerprint density at radius 3 is 2.59 bits per heavy atom. The molecular weight excluding hydrogens is 296 g/mol. The molecule has 2 rings (SSSR count). The number of hydrogen-bond acceptors (Lipinski definition) is 3. The number of anilines is 1. The van der Waals surface area contributed by atoms with E-state index in [4.69, 9.17) is 16.6 Å². The van der Waals surface area contributed by atoms with Crippen molar-refractivity contribution >= 4 is 35.0 Å². The average molecular weight is 314 g/mol. The first-order chi connectivity index (χ1) is 10.6. The molecule has 0 unspecified atom stereocenters. The van der Waals surface area contributed by atoms with E-state index in [-0.39, 0.29) is 5.91 Å². The Morgan fingerprint density at radius 1 is 1.27 bits per heavy atom. The Bertz CT molecular complexity index is 677. The molecule has 1 aromatic carbocycles. The van der Waals surface area contributed by atoms with Crippen LogP contribution in [0.25, 0.3) is 6.08 Å². The largest absolute Gasteiger partial charge is 0.462 e. The summed E-state index contributed by atoms with van der Waals surface area (Å²) in [5.41, 5.74) is 0.945. The number of nitrogens with one attached hydrogen (secondary N) is 1. The van der Waals surface area contributed by atoms with Gasteiger partial charge in [-0.3, -0.25) is 10.1 Å². The van der Waals surface area contributed by atoms with Crippen LogP contribution in [-0.4, -0.2) is 17.6 Å². The monoisotopic (exact) mass is 314 g/mol. The van der Waals surface area contributed by atoms with Gasteiger partial charge in [0.05, 0.1) is 0 Å². The maximum absolute atomic E-state index is 11.9. The van der Waals surface area contributed by atoms with Crippen molar-refractivity contribution in [3.8, 4) is 0 Å². The van der Waals surface area contributed by atoms with Gasteiger partial charge >= 0.3 is 0 Å². The second kappa shape index (κ2) is 7.56. The smallest absolute Gasteiger partial charge is 0.250 e. The molecule has 0 saturated heterocycles. The highest BCUT2D eigenvalue weighted by Gasteiger charge is 2.11. The van der Waals surface area contributed by atoms with Crippen LogP contribution in [-0.2, 0) is 4.79 Å². The van der Waals surface area contributed by atoms with Crippen LogP contribution in [0.3, 0.4) is 0 Å². The number of thiocarbonyl (C=S) groups is 1. The molecule has 1 amide bonds. The number of carbonyl (C=O) groups is 1. The van der Waals surface area contributed by atoms with Crippen molar-refractivity contribution in [3.05, 3.63) is 60.1 Å². The third-order valence-corrected chi connectivity index (χ3v) is 3.34. The standard InChI is InChI=1S/C17H18N2O2S/c1-3-19(14-7-5-4-6-8-14)17(22)18-16(20)12-11-15-10-9-13(2)21-15/h4-12H,3H2,1-2H3,(H,18,20,22)/b12-11+. The zero-order valence-corrected chi connectivity index (χ0v) is 13.4. The lowest BCUT2D eigenvalue weighted by atomic mass is 10.3. The van der Waals surface area contributed by atoms with E-state index in [1.165, 1.54) is 6.08 Å². The van der Waals surface area contributed by atoms with Gasteiger partial charge in [0.25, 0.3) is 0 Å². The van der Waals surface area contributed by atoms with Crippen LogP contribution < -0.4 is 10.2 Å². The Labute approximate surface area is 135 Å². The Hall–Kier alpha value is -2.40. The van der Waals surface area contributed by atoms with Gasteiger partial charge in [-0.15, -0.1) is 0 Å². The maximum Gasteiger partial charge on any atom is 0.250 e. The molecule has 0 aliphatic carbocycles. The minimum Gasteiger partial charge on any atom is -0.462 e. The summed E-state index contributed by atoms with van der Waals surface area (Å²) in [7, 11) is 0. The number of para-hydroxylation sites is 1. The summed E-state index contributed by atoms with van der Waals surface area (Å²) in [6, 6.07) is 13.3. The number of benzene rings is 1. The van der Waals surface area contributed by atoms with Gasteiger partial charge in [0, 0.05) is 18.3 Å². The normalized spacial score (nSPS) is 10.6. The first kappa shape index (κ1) is 16.0. The molecular formula is C17H18N2O2S. The minimum atomic E-state index is -0.284. The third kappa shape index (κ3) is 4.30. The van der Waals surface area contributed by atoms with E-state index in [1.807, 2.05) is 55.1 Å². The molecule has 0 radical (unpaired) electrons. The zero-order valence-electron chi connectivity index (χ0n) is 12.6. The molecule has 1 heterocycles. The number of amides is 1. The van der Waals surface area contributed by atoms with Crippen LogP contribution in [0.1, 0.15) is 18.4 Å². The van der Waals surface area contributed by atoms with E-state index in [0.717, 1.165) is 11.4 Å². The predicted molar refractivity (Wildman–Crippen MR) is 92.7 cm³/mol. The molecule has 1 N–H and O–H groups in total. The van der Waals surface area contributed by atoms with E-state index in [2.05, 4.69) is 5.32 Å². The maximum atomic E-state index is 11.9. The number of furan rings is 1. The molecule has 0 atom stereocenters. The second-order valence-corrected chi connectivity index (χ2v) is 5.04. The minimum absolute atomic E-state index is 0.284.